The Kier molecular flexibility index (Phi) is 6.28. The molecule has 0 aliphatic carbocycles. The van der Waals surface area contributed by atoms with Crippen LogP contribution in [0, 0.1) is 5.41 Å². The predicted octanol–water partition coefficient (Wildman–Crippen LogP) is 2.14. The predicted molar refractivity (Wildman–Crippen MR) is 91.1 cm³/mol. The van der Waals surface area contributed by atoms with Crippen LogP contribution in [0.1, 0.15) is 31.7 Å². The standard InChI is InChI=1S/C18H28N2O3/c1-18(6-8-19-9-7-18)13-20-17(21)5-4-14-10-15(22-2)12-16(11-14)23-3/h10-12,19H,4-9,13H2,1-3H3,(H,20,21). The first kappa shape index (κ1) is 17.6. The number of hydrogen-bond acceptors (Lipinski definition) is 4. The van der Waals surface area contributed by atoms with Gasteiger partial charge in [-0.25, -0.2) is 0 Å². The molecule has 0 radical (unpaired) electrons. The van der Waals surface area contributed by atoms with E-state index in [0.29, 0.717) is 12.8 Å². The molecule has 23 heavy (non-hydrogen) atoms. The number of piperidine rings is 1. The first-order valence-electron chi connectivity index (χ1n) is 8.24. The number of benzene rings is 1. The van der Waals surface area contributed by atoms with E-state index < -0.39 is 0 Å². The monoisotopic (exact) mass is 320 g/mol. The number of hydrogen-bond donors (Lipinski definition) is 2. The third kappa shape index (κ3) is 5.43. The number of carbonyl (C=O) groups is 1. The van der Waals surface area contributed by atoms with Crippen molar-refractivity contribution in [2.24, 2.45) is 5.41 Å². The van der Waals surface area contributed by atoms with E-state index in [9.17, 15) is 4.79 Å². The molecule has 0 bridgehead atoms. The van der Waals surface area contributed by atoms with Crippen LogP contribution in [0.15, 0.2) is 18.2 Å². The molecule has 5 nitrogen and oxygen atoms in total. The first-order chi connectivity index (χ1) is 11.0. The molecule has 1 fully saturated rings. The van der Waals surface area contributed by atoms with Crippen LogP contribution in [0.4, 0.5) is 0 Å². The SMILES string of the molecule is COc1cc(CCC(=O)NCC2(C)CCNCC2)cc(OC)c1. The molecule has 0 aromatic heterocycles. The minimum atomic E-state index is 0.103. The second kappa shape index (κ2) is 8.20. The van der Waals surface area contributed by atoms with E-state index in [2.05, 4.69) is 17.6 Å². The van der Waals surface area contributed by atoms with Gasteiger partial charge in [-0.3, -0.25) is 4.79 Å². The molecule has 5 heteroatoms. The highest BCUT2D eigenvalue weighted by molar-refractivity contribution is 5.76. The van der Waals surface area contributed by atoms with E-state index in [1.807, 2.05) is 18.2 Å². The number of carbonyl (C=O) groups excluding carboxylic acids is 1. The summed E-state index contributed by atoms with van der Waals surface area (Å²) in [5, 5.41) is 6.45. The molecular weight excluding hydrogens is 292 g/mol. The van der Waals surface area contributed by atoms with Gasteiger partial charge in [0.15, 0.2) is 0 Å². The average Bonchev–Trinajstić information content (AvgIpc) is 2.58. The first-order valence-corrected chi connectivity index (χ1v) is 8.24. The van der Waals surface area contributed by atoms with Crippen molar-refractivity contribution in [1.29, 1.82) is 0 Å². The lowest BCUT2D eigenvalue weighted by atomic mass is 9.81. The molecule has 2 N–H and O–H groups in total. The lowest BCUT2D eigenvalue weighted by Crippen LogP contribution is -2.42. The summed E-state index contributed by atoms with van der Waals surface area (Å²) in [6.07, 6.45) is 3.38. The van der Waals surface area contributed by atoms with Gasteiger partial charge in [0.1, 0.15) is 11.5 Å². The Balaban J connectivity index is 1.82. The molecular formula is C18H28N2O3. The molecule has 1 heterocycles. The van der Waals surface area contributed by atoms with Gasteiger partial charge in [0.25, 0.3) is 0 Å². The lowest BCUT2D eigenvalue weighted by molar-refractivity contribution is -0.121. The van der Waals surface area contributed by atoms with E-state index in [1.54, 1.807) is 14.2 Å². The van der Waals surface area contributed by atoms with Crippen LogP contribution in [0.25, 0.3) is 0 Å². The molecule has 0 unspecified atom stereocenters. The smallest absolute Gasteiger partial charge is 0.220 e. The minimum absolute atomic E-state index is 0.103. The van der Waals surface area contributed by atoms with Crippen molar-refractivity contribution in [1.82, 2.24) is 10.6 Å². The zero-order valence-electron chi connectivity index (χ0n) is 14.4. The fourth-order valence-electron chi connectivity index (χ4n) is 2.88. The second-order valence-corrected chi connectivity index (χ2v) is 6.56. The van der Waals surface area contributed by atoms with Crippen molar-refractivity contribution in [2.45, 2.75) is 32.6 Å². The Bertz CT molecular complexity index is 503. The normalized spacial score (nSPS) is 16.7. The molecule has 1 aliphatic rings. The zero-order chi connectivity index (χ0) is 16.7. The van der Waals surface area contributed by atoms with Gasteiger partial charge in [-0.2, -0.15) is 0 Å². The van der Waals surface area contributed by atoms with E-state index in [4.69, 9.17) is 9.47 Å². The fourth-order valence-corrected chi connectivity index (χ4v) is 2.88. The molecule has 0 atom stereocenters. The Morgan fingerprint density at radius 3 is 2.35 bits per heavy atom. The molecule has 1 amide bonds. The summed E-state index contributed by atoms with van der Waals surface area (Å²) in [7, 11) is 3.26. The molecule has 0 spiro atoms. The molecule has 1 saturated heterocycles. The van der Waals surface area contributed by atoms with Gasteiger partial charge in [0.05, 0.1) is 14.2 Å². The maximum Gasteiger partial charge on any atom is 0.220 e. The van der Waals surface area contributed by atoms with Crippen LogP contribution in [0.5, 0.6) is 11.5 Å². The van der Waals surface area contributed by atoms with Gasteiger partial charge in [-0.15, -0.1) is 0 Å². The molecule has 1 aromatic carbocycles. The van der Waals surface area contributed by atoms with E-state index in [-0.39, 0.29) is 11.3 Å². The summed E-state index contributed by atoms with van der Waals surface area (Å²) >= 11 is 0. The van der Waals surface area contributed by atoms with Crippen LogP contribution in [0.3, 0.4) is 0 Å². The summed E-state index contributed by atoms with van der Waals surface area (Å²) in [5.41, 5.74) is 1.27. The highest BCUT2D eigenvalue weighted by Gasteiger charge is 2.26. The Morgan fingerprint density at radius 2 is 1.78 bits per heavy atom. The van der Waals surface area contributed by atoms with Crippen LogP contribution in [-0.2, 0) is 11.2 Å². The highest BCUT2D eigenvalue weighted by Crippen LogP contribution is 2.27. The molecule has 0 saturated carbocycles. The van der Waals surface area contributed by atoms with Crippen molar-refractivity contribution < 1.29 is 14.3 Å². The highest BCUT2D eigenvalue weighted by atomic mass is 16.5. The van der Waals surface area contributed by atoms with Crippen LogP contribution in [0.2, 0.25) is 0 Å². The van der Waals surface area contributed by atoms with E-state index >= 15 is 0 Å². The summed E-state index contributed by atoms with van der Waals surface area (Å²) in [4.78, 5) is 12.1. The van der Waals surface area contributed by atoms with Crippen LogP contribution < -0.4 is 20.1 Å². The number of methoxy groups -OCH3 is 2. The number of rotatable bonds is 7. The van der Waals surface area contributed by atoms with Crippen molar-refractivity contribution >= 4 is 5.91 Å². The Hall–Kier alpha value is -1.75. The van der Waals surface area contributed by atoms with Crippen molar-refractivity contribution in [3.05, 3.63) is 23.8 Å². The van der Waals surface area contributed by atoms with E-state index in [0.717, 1.165) is 49.5 Å². The number of ether oxygens (including phenoxy) is 2. The van der Waals surface area contributed by atoms with Gasteiger partial charge >= 0.3 is 0 Å². The molecule has 1 aliphatic heterocycles. The molecule has 1 aromatic rings. The maximum absolute atomic E-state index is 12.1. The summed E-state index contributed by atoms with van der Waals surface area (Å²) in [5.74, 6) is 1.61. The number of aryl methyl sites for hydroxylation is 1. The van der Waals surface area contributed by atoms with Gasteiger partial charge in [0.2, 0.25) is 5.91 Å². The summed E-state index contributed by atoms with van der Waals surface area (Å²) in [6.45, 7) is 5.09. The minimum Gasteiger partial charge on any atom is -0.497 e. The largest absolute Gasteiger partial charge is 0.497 e. The third-order valence-corrected chi connectivity index (χ3v) is 4.57. The number of nitrogens with one attached hydrogen (secondary N) is 2. The molecule has 2 rings (SSSR count). The molecule has 128 valence electrons. The van der Waals surface area contributed by atoms with Gasteiger partial charge in [-0.05, 0) is 55.5 Å². The number of amides is 1. The van der Waals surface area contributed by atoms with Crippen molar-refractivity contribution in [3.8, 4) is 11.5 Å². The third-order valence-electron chi connectivity index (χ3n) is 4.57. The van der Waals surface area contributed by atoms with Gasteiger partial charge < -0.3 is 20.1 Å². The van der Waals surface area contributed by atoms with Crippen LogP contribution in [-0.4, -0.2) is 39.8 Å². The summed E-state index contributed by atoms with van der Waals surface area (Å²) < 4.78 is 10.5. The van der Waals surface area contributed by atoms with Crippen molar-refractivity contribution in [2.75, 3.05) is 33.9 Å². The summed E-state index contributed by atoms with van der Waals surface area (Å²) in [6, 6.07) is 5.73. The maximum atomic E-state index is 12.1. The Morgan fingerprint density at radius 1 is 1.17 bits per heavy atom. The van der Waals surface area contributed by atoms with Crippen molar-refractivity contribution in [3.63, 3.8) is 0 Å². The average molecular weight is 320 g/mol. The zero-order valence-corrected chi connectivity index (χ0v) is 14.4. The topological polar surface area (TPSA) is 59.6 Å². The van der Waals surface area contributed by atoms with Gasteiger partial charge in [-0.1, -0.05) is 6.92 Å². The van der Waals surface area contributed by atoms with Gasteiger partial charge in [0, 0.05) is 19.0 Å². The Labute approximate surface area is 138 Å². The quantitative estimate of drug-likeness (QED) is 0.808. The van der Waals surface area contributed by atoms with Crippen LogP contribution >= 0.6 is 0 Å². The fraction of sp³-hybridized carbons (Fsp3) is 0.611. The lowest BCUT2D eigenvalue weighted by Gasteiger charge is -2.34. The second-order valence-electron chi connectivity index (χ2n) is 6.56. The van der Waals surface area contributed by atoms with E-state index in [1.165, 1.54) is 0 Å².